The van der Waals surface area contributed by atoms with Crippen LogP contribution in [0.15, 0.2) is 18.2 Å². The summed E-state index contributed by atoms with van der Waals surface area (Å²) in [5.74, 6) is 0.811. The van der Waals surface area contributed by atoms with E-state index in [4.69, 9.17) is 10.5 Å². The highest BCUT2D eigenvalue weighted by molar-refractivity contribution is 5.97. The number of nitrogens with zero attached hydrogens (tertiary/aromatic N) is 1. The van der Waals surface area contributed by atoms with Crippen LogP contribution in [0.5, 0.6) is 5.75 Å². The van der Waals surface area contributed by atoms with Crippen molar-refractivity contribution in [1.29, 1.82) is 0 Å². The number of carbonyl (C=O) groups excluding carboxylic acids is 1. The van der Waals surface area contributed by atoms with E-state index in [0.717, 1.165) is 25.7 Å². The summed E-state index contributed by atoms with van der Waals surface area (Å²) in [6.07, 6.45) is 5.16. The van der Waals surface area contributed by atoms with Crippen molar-refractivity contribution in [3.05, 3.63) is 33.9 Å². The van der Waals surface area contributed by atoms with Gasteiger partial charge in [0.1, 0.15) is 5.75 Å². The van der Waals surface area contributed by atoms with Gasteiger partial charge in [0.2, 0.25) is 0 Å². The number of halogens is 1. The molecular formula is C17H24ClN3O4. The van der Waals surface area contributed by atoms with E-state index in [0.29, 0.717) is 17.6 Å². The number of non-ortho nitro benzene ring substituents is 1. The van der Waals surface area contributed by atoms with Gasteiger partial charge >= 0.3 is 0 Å². The summed E-state index contributed by atoms with van der Waals surface area (Å²) >= 11 is 0. The number of rotatable bonds is 4. The standard InChI is InChI=1S/C17H23N3O4.ClH/c1-24-15-6-5-13(20(22)23)9-14(15)17(21)19-16-10-3-2-4-11(16)8-12(18)7-10;/h5-6,9-12,16H,2-4,7-8,18H2,1H3,(H,19,21);1H. The first-order chi connectivity index (χ1) is 11.5. The third-order valence-electron chi connectivity index (χ3n) is 5.31. The topological polar surface area (TPSA) is 107 Å². The molecule has 1 aromatic rings. The van der Waals surface area contributed by atoms with Crippen LogP contribution in [0.25, 0.3) is 0 Å². The number of hydrogen-bond donors (Lipinski definition) is 2. The van der Waals surface area contributed by atoms with Crippen molar-refractivity contribution in [1.82, 2.24) is 5.32 Å². The molecule has 1 amide bonds. The van der Waals surface area contributed by atoms with Gasteiger partial charge in [-0.2, -0.15) is 0 Å². The van der Waals surface area contributed by atoms with Crippen LogP contribution in [-0.2, 0) is 0 Å². The average molecular weight is 370 g/mol. The van der Waals surface area contributed by atoms with E-state index in [1.165, 1.54) is 31.7 Å². The number of ether oxygens (including phenoxy) is 1. The van der Waals surface area contributed by atoms with Gasteiger partial charge < -0.3 is 15.8 Å². The molecule has 7 nitrogen and oxygen atoms in total. The van der Waals surface area contributed by atoms with Crippen LogP contribution in [0.4, 0.5) is 5.69 Å². The molecule has 0 saturated heterocycles. The van der Waals surface area contributed by atoms with E-state index < -0.39 is 4.92 Å². The Hall–Kier alpha value is -1.86. The summed E-state index contributed by atoms with van der Waals surface area (Å²) in [5, 5.41) is 14.1. The molecule has 3 rings (SSSR count). The summed E-state index contributed by atoms with van der Waals surface area (Å²) in [7, 11) is 1.45. The number of nitro groups is 1. The van der Waals surface area contributed by atoms with E-state index >= 15 is 0 Å². The van der Waals surface area contributed by atoms with Gasteiger partial charge in [0, 0.05) is 24.2 Å². The molecule has 3 N–H and O–H groups in total. The lowest BCUT2D eigenvalue weighted by Crippen LogP contribution is -2.53. The van der Waals surface area contributed by atoms with Gasteiger partial charge in [-0.3, -0.25) is 14.9 Å². The second kappa shape index (κ2) is 8.01. The lowest BCUT2D eigenvalue weighted by Gasteiger charge is -2.45. The van der Waals surface area contributed by atoms with E-state index in [1.807, 2.05) is 0 Å². The van der Waals surface area contributed by atoms with Crippen LogP contribution >= 0.6 is 12.4 Å². The number of nitrogens with two attached hydrogens (primary N) is 1. The second-order valence-electron chi connectivity index (χ2n) is 6.82. The average Bonchev–Trinajstić information content (AvgIpc) is 2.54. The summed E-state index contributed by atoms with van der Waals surface area (Å²) in [5.41, 5.74) is 6.21. The molecule has 2 atom stereocenters. The smallest absolute Gasteiger partial charge is 0.270 e. The largest absolute Gasteiger partial charge is 0.496 e. The molecule has 2 saturated carbocycles. The highest BCUT2D eigenvalue weighted by atomic mass is 35.5. The molecule has 2 fully saturated rings. The lowest BCUT2D eigenvalue weighted by molar-refractivity contribution is -0.384. The van der Waals surface area contributed by atoms with Gasteiger partial charge in [-0.15, -0.1) is 12.4 Å². The Kier molecular flexibility index (Phi) is 6.24. The van der Waals surface area contributed by atoms with E-state index in [-0.39, 0.29) is 41.6 Å². The van der Waals surface area contributed by atoms with Crippen molar-refractivity contribution in [2.75, 3.05) is 7.11 Å². The predicted molar refractivity (Wildman–Crippen MR) is 96.2 cm³/mol. The van der Waals surface area contributed by atoms with E-state index in [9.17, 15) is 14.9 Å². The fourth-order valence-corrected chi connectivity index (χ4v) is 4.24. The zero-order valence-corrected chi connectivity index (χ0v) is 15.0. The Balaban J connectivity index is 0.00000225. The number of hydrogen-bond acceptors (Lipinski definition) is 5. The van der Waals surface area contributed by atoms with Crippen molar-refractivity contribution >= 4 is 24.0 Å². The normalized spacial score (nSPS) is 27.8. The first kappa shape index (κ1) is 19.5. The predicted octanol–water partition coefficient (Wildman–Crippen LogP) is 2.66. The van der Waals surface area contributed by atoms with Crippen LogP contribution in [0.2, 0.25) is 0 Å². The zero-order valence-electron chi connectivity index (χ0n) is 14.1. The SMILES string of the molecule is COc1ccc([N+](=O)[O-])cc1C(=O)NC1C2CCCC1CC(N)C2.Cl. The molecule has 25 heavy (non-hydrogen) atoms. The van der Waals surface area contributed by atoms with Crippen molar-refractivity contribution in [3.63, 3.8) is 0 Å². The van der Waals surface area contributed by atoms with Gasteiger partial charge in [-0.25, -0.2) is 0 Å². The van der Waals surface area contributed by atoms with Crippen molar-refractivity contribution in [2.45, 2.75) is 44.2 Å². The molecule has 138 valence electrons. The number of nitrogens with one attached hydrogen (secondary N) is 1. The molecule has 2 aliphatic rings. The fourth-order valence-electron chi connectivity index (χ4n) is 4.24. The molecule has 2 bridgehead atoms. The maximum Gasteiger partial charge on any atom is 0.270 e. The van der Waals surface area contributed by atoms with Gasteiger partial charge in [0.15, 0.2) is 0 Å². The first-order valence-corrected chi connectivity index (χ1v) is 8.38. The van der Waals surface area contributed by atoms with Crippen LogP contribution in [0.1, 0.15) is 42.5 Å². The Morgan fingerprint density at radius 3 is 2.52 bits per heavy atom. The Bertz CT molecular complexity index is 641. The molecule has 0 heterocycles. The zero-order chi connectivity index (χ0) is 17.3. The maximum atomic E-state index is 12.7. The number of nitro benzene ring substituents is 1. The summed E-state index contributed by atoms with van der Waals surface area (Å²) < 4.78 is 5.20. The summed E-state index contributed by atoms with van der Waals surface area (Å²) in [4.78, 5) is 23.2. The Labute approximate surface area is 152 Å². The van der Waals surface area contributed by atoms with Gasteiger partial charge in [-0.05, 0) is 43.6 Å². The monoisotopic (exact) mass is 369 g/mol. The fraction of sp³-hybridized carbons (Fsp3) is 0.588. The number of amides is 1. The molecule has 8 heteroatoms. The van der Waals surface area contributed by atoms with Crippen LogP contribution in [0.3, 0.4) is 0 Å². The molecule has 2 unspecified atom stereocenters. The summed E-state index contributed by atoms with van der Waals surface area (Å²) in [6, 6.07) is 4.38. The van der Waals surface area contributed by atoms with Crippen LogP contribution in [0, 0.1) is 22.0 Å². The minimum Gasteiger partial charge on any atom is -0.496 e. The van der Waals surface area contributed by atoms with Gasteiger partial charge in [-0.1, -0.05) is 6.42 Å². The molecular weight excluding hydrogens is 346 g/mol. The quantitative estimate of drug-likeness (QED) is 0.626. The molecule has 0 radical (unpaired) electrons. The van der Waals surface area contributed by atoms with E-state index in [1.54, 1.807) is 0 Å². The first-order valence-electron chi connectivity index (χ1n) is 8.38. The number of benzene rings is 1. The lowest BCUT2D eigenvalue weighted by atomic mass is 9.67. The highest BCUT2D eigenvalue weighted by Crippen LogP contribution is 2.40. The van der Waals surface area contributed by atoms with Crippen LogP contribution in [-0.4, -0.2) is 30.0 Å². The number of methoxy groups -OCH3 is 1. The van der Waals surface area contributed by atoms with Crippen molar-refractivity contribution in [2.24, 2.45) is 17.6 Å². The highest BCUT2D eigenvalue weighted by Gasteiger charge is 2.40. The molecule has 0 spiro atoms. The second-order valence-corrected chi connectivity index (χ2v) is 6.82. The molecule has 0 aliphatic heterocycles. The number of carbonyl (C=O) groups is 1. The third-order valence-corrected chi connectivity index (χ3v) is 5.31. The van der Waals surface area contributed by atoms with E-state index in [2.05, 4.69) is 5.32 Å². The minimum absolute atomic E-state index is 0. The number of fused-ring (bicyclic) bond motifs is 2. The maximum absolute atomic E-state index is 12.7. The Morgan fingerprint density at radius 2 is 1.96 bits per heavy atom. The van der Waals surface area contributed by atoms with Crippen molar-refractivity contribution in [3.8, 4) is 5.75 Å². The summed E-state index contributed by atoms with van der Waals surface area (Å²) in [6.45, 7) is 0. The van der Waals surface area contributed by atoms with Crippen LogP contribution < -0.4 is 15.8 Å². The van der Waals surface area contributed by atoms with Crippen molar-refractivity contribution < 1.29 is 14.5 Å². The Morgan fingerprint density at radius 1 is 1.32 bits per heavy atom. The minimum atomic E-state index is -0.509. The molecule has 2 aliphatic carbocycles. The molecule has 0 aromatic heterocycles. The van der Waals surface area contributed by atoms with Gasteiger partial charge in [0.25, 0.3) is 11.6 Å². The third kappa shape index (κ3) is 4.04. The molecule has 1 aromatic carbocycles. The van der Waals surface area contributed by atoms with Gasteiger partial charge in [0.05, 0.1) is 17.6 Å².